The molecule has 1 atom stereocenters. The summed E-state index contributed by atoms with van der Waals surface area (Å²) >= 11 is 0. The van der Waals surface area contributed by atoms with Crippen molar-refractivity contribution in [3.63, 3.8) is 0 Å². The van der Waals surface area contributed by atoms with E-state index in [2.05, 4.69) is 15.3 Å². The summed E-state index contributed by atoms with van der Waals surface area (Å²) in [4.78, 5) is 18.7. The molecule has 0 aliphatic carbocycles. The van der Waals surface area contributed by atoms with Crippen molar-refractivity contribution in [3.8, 4) is 0 Å². The summed E-state index contributed by atoms with van der Waals surface area (Å²) in [5, 5.41) is 7.63. The van der Waals surface area contributed by atoms with Gasteiger partial charge in [-0.2, -0.15) is 4.98 Å². The van der Waals surface area contributed by atoms with Crippen LogP contribution >= 0.6 is 0 Å². The van der Waals surface area contributed by atoms with Gasteiger partial charge in [0, 0.05) is 6.54 Å². The number of hydrogen-bond donors (Lipinski definition) is 0. The van der Waals surface area contributed by atoms with Crippen molar-refractivity contribution in [3.05, 3.63) is 28.7 Å². The van der Waals surface area contributed by atoms with E-state index in [1.165, 1.54) is 0 Å². The largest absolute Gasteiger partial charge is 0.361 e. The Kier molecular flexibility index (Phi) is 3.04. The Hall–Kier alpha value is -2.18. The van der Waals surface area contributed by atoms with E-state index in [1.54, 1.807) is 25.7 Å². The molecule has 0 radical (unpaired) electrons. The SMILES string of the molecule is Cc1noc(C2CCCN2C(=O)c2c(C)noc2C)n1. The van der Waals surface area contributed by atoms with Crippen molar-refractivity contribution < 1.29 is 13.8 Å². The molecule has 1 saturated heterocycles. The maximum Gasteiger partial charge on any atom is 0.260 e. The minimum atomic E-state index is -0.155. The van der Waals surface area contributed by atoms with Gasteiger partial charge in [-0.1, -0.05) is 10.3 Å². The first-order chi connectivity index (χ1) is 9.58. The average molecular weight is 276 g/mol. The lowest BCUT2D eigenvalue weighted by molar-refractivity contribution is 0.0707. The third-order valence-electron chi connectivity index (χ3n) is 3.59. The van der Waals surface area contributed by atoms with Crippen LogP contribution in [0.15, 0.2) is 9.05 Å². The highest BCUT2D eigenvalue weighted by Crippen LogP contribution is 2.33. The molecule has 106 valence electrons. The maximum atomic E-state index is 12.7. The normalized spacial score (nSPS) is 18.8. The predicted molar refractivity (Wildman–Crippen MR) is 68.0 cm³/mol. The van der Waals surface area contributed by atoms with Crippen molar-refractivity contribution in [1.82, 2.24) is 20.2 Å². The fourth-order valence-electron chi connectivity index (χ4n) is 2.65. The van der Waals surface area contributed by atoms with Gasteiger partial charge in [0.1, 0.15) is 17.4 Å². The third-order valence-corrected chi connectivity index (χ3v) is 3.59. The first-order valence-electron chi connectivity index (χ1n) is 6.62. The Morgan fingerprint density at radius 1 is 1.25 bits per heavy atom. The highest BCUT2D eigenvalue weighted by atomic mass is 16.5. The summed E-state index contributed by atoms with van der Waals surface area (Å²) in [5.74, 6) is 1.54. The van der Waals surface area contributed by atoms with Crippen molar-refractivity contribution >= 4 is 5.91 Å². The first-order valence-corrected chi connectivity index (χ1v) is 6.62. The second-order valence-corrected chi connectivity index (χ2v) is 5.04. The minimum Gasteiger partial charge on any atom is -0.361 e. The first kappa shape index (κ1) is 12.8. The Labute approximate surface area is 115 Å². The monoisotopic (exact) mass is 276 g/mol. The van der Waals surface area contributed by atoms with Gasteiger partial charge >= 0.3 is 0 Å². The van der Waals surface area contributed by atoms with Gasteiger partial charge in [-0.05, 0) is 33.6 Å². The molecule has 1 amide bonds. The van der Waals surface area contributed by atoms with Crippen LogP contribution in [-0.2, 0) is 0 Å². The summed E-state index contributed by atoms with van der Waals surface area (Å²) < 4.78 is 10.3. The molecular weight excluding hydrogens is 260 g/mol. The van der Waals surface area contributed by atoms with Crippen LogP contribution in [0.2, 0.25) is 0 Å². The number of aryl methyl sites for hydroxylation is 3. The van der Waals surface area contributed by atoms with E-state index < -0.39 is 0 Å². The molecule has 20 heavy (non-hydrogen) atoms. The van der Waals surface area contributed by atoms with E-state index in [0.717, 1.165) is 12.8 Å². The standard InChI is InChI=1S/C13H16N4O3/c1-7-11(8(2)19-15-7)13(18)17-6-4-5-10(17)12-14-9(3)16-20-12/h10H,4-6H2,1-3H3. The van der Waals surface area contributed by atoms with Crippen LogP contribution in [0, 0.1) is 20.8 Å². The lowest BCUT2D eigenvalue weighted by Crippen LogP contribution is -2.31. The topological polar surface area (TPSA) is 85.3 Å². The zero-order chi connectivity index (χ0) is 14.3. The van der Waals surface area contributed by atoms with E-state index in [9.17, 15) is 4.79 Å². The molecule has 1 aliphatic heterocycles. The van der Waals surface area contributed by atoms with Gasteiger partial charge < -0.3 is 13.9 Å². The van der Waals surface area contributed by atoms with E-state index >= 15 is 0 Å². The van der Waals surface area contributed by atoms with E-state index in [0.29, 0.717) is 35.3 Å². The van der Waals surface area contributed by atoms with Crippen LogP contribution in [-0.4, -0.2) is 32.6 Å². The number of carbonyl (C=O) groups excluding carboxylic acids is 1. The van der Waals surface area contributed by atoms with E-state index in [-0.39, 0.29) is 11.9 Å². The summed E-state index contributed by atoms with van der Waals surface area (Å²) in [5.41, 5.74) is 1.15. The highest BCUT2D eigenvalue weighted by Gasteiger charge is 2.36. The summed E-state index contributed by atoms with van der Waals surface area (Å²) in [6, 6.07) is -0.155. The van der Waals surface area contributed by atoms with Gasteiger partial charge in [0.2, 0.25) is 5.89 Å². The van der Waals surface area contributed by atoms with Crippen LogP contribution in [0.5, 0.6) is 0 Å². The van der Waals surface area contributed by atoms with Crippen LogP contribution in [0.3, 0.4) is 0 Å². The summed E-state index contributed by atoms with van der Waals surface area (Å²) in [7, 11) is 0. The average Bonchev–Trinajstić information content (AvgIpc) is 3.09. The van der Waals surface area contributed by atoms with Crippen LogP contribution < -0.4 is 0 Å². The molecule has 0 bridgehead atoms. The molecule has 2 aromatic rings. The number of carbonyl (C=O) groups is 1. The Morgan fingerprint density at radius 2 is 2.05 bits per heavy atom. The minimum absolute atomic E-state index is 0.0837. The van der Waals surface area contributed by atoms with Gasteiger partial charge in [0.15, 0.2) is 5.82 Å². The second kappa shape index (κ2) is 4.73. The van der Waals surface area contributed by atoms with E-state index in [1.807, 2.05) is 0 Å². The van der Waals surface area contributed by atoms with Crippen LogP contribution in [0.25, 0.3) is 0 Å². The zero-order valence-electron chi connectivity index (χ0n) is 11.7. The summed E-state index contributed by atoms with van der Waals surface area (Å²) in [6.07, 6.45) is 1.75. The molecule has 2 aromatic heterocycles. The number of nitrogens with zero attached hydrogens (tertiary/aromatic N) is 4. The van der Waals surface area contributed by atoms with Crippen molar-refractivity contribution in [2.75, 3.05) is 6.54 Å². The van der Waals surface area contributed by atoms with E-state index in [4.69, 9.17) is 9.05 Å². The molecule has 1 unspecified atom stereocenters. The zero-order valence-corrected chi connectivity index (χ0v) is 11.7. The Bertz CT molecular complexity index is 626. The number of rotatable bonds is 2. The Balaban J connectivity index is 1.91. The lowest BCUT2D eigenvalue weighted by atomic mass is 10.1. The molecule has 1 fully saturated rings. The molecule has 3 rings (SSSR count). The molecule has 1 aliphatic rings. The highest BCUT2D eigenvalue weighted by molar-refractivity contribution is 5.96. The molecule has 0 aromatic carbocycles. The number of hydrogen-bond acceptors (Lipinski definition) is 6. The van der Waals surface area contributed by atoms with Crippen LogP contribution in [0.4, 0.5) is 0 Å². The molecule has 0 spiro atoms. The smallest absolute Gasteiger partial charge is 0.260 e. The lowest BCUT2D eigenvalue weighted by Gasteiger charge is -2.21. The van der Waals surface area contributed by atoms with Gasteiger partial charge in [-0.3, -0.25) is 4.79 Å². The quantitative estimate of drug-likeness (QED) is 0.833. The van der Waals surface area contributed by atoms with Gasteiger partial charge in [-0.25, -0.2) is 0 Å². The molecule has 0 N–H and O–H groups in total. The fraction of sp³-hybridized carbons (Fsp3) is 0.538. The Morgan fingerprint density at radius 3 is 2.65 bits per heavy atom. The molecular formula is C13H16N4O3. The third kappa shape index (κ3) is 1.99. The molecule has 3 heterocycles. The number of likely N-dealkylation sites (tertiary alicyclic amines) is 1. The maximum absolute atomic E-state index is 12.7. The number of aromatic nitrogens is 3. The molecule has 7 heteroatoms. The van der Waals surface area contributed by atoms with Crippen molar-refractivity contribution in [2.24, 2.45) is 0 Å². The fourth-order valence-corrected chi connectivity index (χ4v) is 2.65. The number of amides is 1. The van der Waals surface area contributed by atoms with Crippen LogP contribution in [0.1, 0.15) is 52.4 Å². The van der Waals surface area contributed by atoms with Crippen molar-refractivity contribution in [2.45, 2.75) is 39.7 Å². The van der Waals surface area contributed by atoms with Gasteiger partial charge in [0.05, 0.1) is 5.69 Å². The predicted octanol–water partition coefficient (Wildman–Crippen LogP) is 1.96. The van der Waals surface area contributed by atoms with Gasteiger partial charge in [0.25, 0.3) is 5.91 Å². The second-order valence-electron chi connectivity index (χ2n) is 5.04. The van der Waals surface area contributed by atoms with Gasteiger partial charge in [-0.15, -0.1) is 0 Å². The molecule has 7 nitrogen and oxygen atoms in total. The summed E-state index contributed by atoms with van der Waals surface area (Å²) in [6.45, 7) is 5.96. The van der Waals surface area contributed by atoms with Crippen molar-refractivity contribution in [1.29, 1.82) is 0 Å². The molecule has 0 saturated carbocycles.